The lowest BCUT2D eigenvalue weighted by Gasteiger charge is -2.27. The van der Waals surface area contributed by atoms with Gasteiger partial charge in [-0.15, -0.1) is 0 Å². The molecule has 4 aromatic rings. The van der Waals surface area contributed by atoms with Gasteiger partial charge in [-0.25, -0.2) is 9.59 Å². The Bertz CT molecular complexity index is 1700. The normalized spacial score (nSPS) is 11.4. The van der Waals surface area contributed by atoms with E-state index in [0.29, 0.717) is 22.8 Å². The van der Waals surface area contributed by atoms with Gasteiger partial charge < -0.3 is 23.7 Å². The molecule has 0 fully saturated rings. The van der Waals surface area contributed by atoms with Gasteiger partial charge in [0.05, 0.1) is 21.3 Å². The maximum absolute atomic E-state index is 12.4. The lowest BCUT2D eigenvalue weighted by atomic mass is 9.77. The zero-order valence-electron chi connectivity index (χ0n) is 26.8. The van der Waals surface area contributed by atoms with Gasteiger partial charge in [0.25, 0.3) is 0 Å². The maximum atomic E-state index is 12.4. The van der Waals surface area contributed by atoms with Gasteiger partial charge in [0.1, 0.15) is 34.1 Å². The van der Waals surface area contributed by atoms with Crippen molar-refractivity contribution in [1.29, 1.82) is 0 Å². The molecule has 4 rings (SSSR count). The van der Waals surface area contributed by atoms with Crippen LogP contribution in [0.3, 0.4) is 0 Å². The molecule has 0 N–H and O–H groups in total. The van der Waals surface area contributed by atoms with Crippen LogP contribution < -0.4 is 14.2 Å². The van der Waals surface area contributed by atoms with Crippen molar-refractivity contribution >= 4 is 17.9 Å². The average Bonchev–Trinajstić information content (AvgIpc) is 3.04. The maximum Gasteiger partial charge on any atom is 0.341 e. The van der Waals surface area contributed by atoms with Crippen LogP contribution in [0.2, 0.25) is 0 Å². The van der Waals surface area contributed by atoms with Crippen LogP contribution in [0.1, 0.15) is 77.6 Å². The van der Waals surface area contributed by atoms with Gasteiger partial charge in [-0.1, -0.05) is 64.1 Å². The highest BCUT2D eigenvalue weighted by Crippen LogP contribution is 2.37. The van der Waals surface area contributed by atoms with E-state index in [1.54, 1.807) is 18.2 Å². The highest BCUT2D eigenvalue weighted by molar-refractivity contribution is 5.94. The highest BCUT2D eigenvalue weighted by atomic mass is 16.5. The van der Waals surface area contributed by atoms with E-state index in [1.165, 1.54) is 28.3 Å². The molecule has 0 amide bonds. The van der Waals surface area contributed by atoms with Crippen LogP contribution in [0.4, 0.5) is 0 Å². The summed E-state index contributed by atoms with van der Waals surface area (Å²) in [7, 11) is 4.16. The molecule has 0 unspecified atom stereocenters. The molecule has 0 saturated heterocycles. The van der Waals surface area contributed by atoms with Crippen molar-refractivity contribution in [3.8, 4) is 23.0 Å². The van der Waals surface area contributed by atoms with Crippen LogP contribution in [0.15, 0.2) is 84.9 Å². The number of carbonyl (C=O) groups is 3. The summed E-state index contributed by atoms with van der Waals surface area (Å²) in [6.45, 7) is 9.54. The first-order valence-electron chi connectivity index (χ1n) is 14.4. The summed E-state index contributed by atoms with van der Waals surface area (Å²) in [6.07, 6.45) is 0. The molecule has 0 aromatic heterocycles. The van der Waals surface area contributed by atoms with Gasteiger partial charge in [-0.2, -0.15) is 0 Å². The fraction of sp³-hybridized carbons (Fsp3) is 0.270. The lowest BCUT2D eigenvalue weighted by molar-refractivity contribution is -0.131. The SMILES string of the molecule is COC(=O)c1cc(C(C)(C)c2ccc(Oc3ccc(C(C)(C)c4ccc(OC(C)=O)c(C(=O)OC)c4)cc3)cc2)ccc1OC. The Labute approximate surface area is 263 Å². The third kappa shape index (κ3) is 7.01. The molecule has 0 saturated carbocycles. The molecule has 0 bridgehead atoms. The molecule has 8 nitrogen and oxygen atoms in total. The number of hydrogen-bond donors (Lipinski definition) is 0. The molecule has 0 aliphatic carbocycles. The molecule has 0 atom stereocenters. The smallest absolute Gasteiger partial charge is 0.341 e. The van der Waals surface area contributed by atoms with Crippen LogP contribution >= 0.6 is 0 Å². The van der Waals surface area contributed by atoms with Crippen LogP contribution in [0, 0.1) is 0 Å². The van der Waals surface area contributed by atoms with Gasteiger partial charge in [0.2, 0.25) is 0 Å². The first-order chi connectivity index (χ1) is 21.3. The number of ether oxygens (including phenoxy) is 5. The fourth-order valence-electron chi connectivity index (χ4n) is 5.15. The zero-order valence-corrected chi connectivity index (χ0v) is 26.8. The minimum absolute atomic E-state index is 0.155. The van der Waals surface area contributed by atoms with Crippen molar-refractivity contribution in [2.24, 2.45) is 0 Å². The minimum Gasteiger partial charge on any atom is -0.496 e. The van der Waals surface area contributed by atoms with E-state index < -0.39 is 28.7 Å². The van der Waals surface area contributed by atoms with Crippen LogP contribution in [0.5, 0.6) is 23.0 Å². The van der Waals surface area contributed by atoms with Gasteiger partial charge in [0.15, 0.2) is 0 Å². The van der Waals surface area contributed by atoms with Gasteiger partial charge in [0, 0.05) is 17.8 Å². The Hall–Kier alpha value is -5.11. The van der Waals surface area contributed by atoms with E-state index >= 15 is 0 Å². The molecule has 0 spiro atoms. The number of benzene rings is 4. The third-order valence-electron chi connectivity index (χ3n) is 8.07. The number of rotatable bonds is 10. The molecular formula is C37H38O8. The lowest BCUT2D eigenvalue weighted by Crippen LogP contribution is -2.20. The largest absolute Gasteiger partial charge is 0.496 e. The summed E-state index contributed by atoms with van der Waals surface area (Å²) >= 11 is 0. The standard InChI is InChI=1S/C37H38O8/c1-23(38)44-33-20-14-27(22-31(33)35(40)43-8)37(4,5)25-11-17-29(18-12-25)45-28-15-9-24(10-16-28)36(2,3)26-13-19-32(41-6)30(21-26)34(39)42-7/h9-22H,1-8H3. The summed E-state index contributed by atoms with van der Waals surface area (Å²) in [5, 5.41) is 0. The Morgan fingerprint density at radius 1 is 0.533 bits per heavy atom. The van der Waals surface area contributed by atoms with Crippen LogP contribution in [0.25, 0.3) is 0 Å². The zero-order chi connectivity index (χ0) is 32.9. The second-order valence-electron chi connectivity index (χ2n) is 11.6. The molecule has 234 valence electrons. The minimum atomic E-state index is -0.586. The third-order valence-corrected chi connectivity index (χ3v) is 8.07. The number of methoxy groups -OCH3 is 3. The van der Waals surface area contributed by atoms with E-state index in [9.17, 15) is 14.4 Å². The van der Waals surface area contributed by atoms with Crippen LogP contribution in [-0.4, -0.2) is 39.2 Å². The molecular weight excluding hydrogens is 572 g/mol. The van der Waals surface area contributed by atoms with Crippen molar-refractivity contribution in [1.82, 2.24) is 0 Å². The van der Waals surface area contributed by atoms with E-state index in [0.717, 1.165) is 22.3 Å². The number of esters is 3. The van der Waals surface area contributed by atoms with E-state index in [1.807, 2.05) is 80.6 Å². The van der Waals surface area contributed by atoms with Gasteiger partial charge >= 0.3 is 17.9 Å². The van der Waals surface area contributed by atoms with Gasteiger partial charge in [-0.3, -0.25) is 4.79 Å². The molecule has 8 heteroatoms. The Kier molecular flexibility index (Phi) is 9.66. The van der Waals surface area contributed by atoms with Gasteiger partial charge in [-0.05, 0) is 70.8 Å². The van der Waals surface area contributed by atoms with Crippen molar-refractivity contribution < 1.29 is 38.1 Å². The summed E-state index contributed by atoms with van der Waals surface area (Å²) < 4.78 is 26.6. The summed E-state index contributed by atoms with van der Waals surface area (Å²) in [4.78, 5) is 36.3. The quantitative estimate of drug-likeness (QED) is 0.134. The van der Waals surface area contributed by atoms with E-state index in [2.05, 4.69) is 13.8 Å². The van der Waals surface area contributed by atoms with Crippen molar-refractivity contribution in [2.75, 3.05) is 21.3 Å². The molecule has 0 heterocycles. The second-order valence-corrected chi connectivity index (χ2v) is 11.6. The molecule has 0 aliphatic heterocycles. The summed E-state index contributed by atoms with van der Waals surface area (Å²) in [6, 6.07) is 26.3. The number of carbonyl (C=O) groups excluding carboxylic acids is 3. The molecule has 0 aliphatic rings. The topological polar surface area (TPSA) is 97.4 Å². The fourth-order valence-corrected chi connectivity index (χ4v) is 5.15. The van der Waals surface area contributed by atoms with Crippen LogP contribution in [-0.2, 0) is 25.1 Å². The number of hydrogen-bond acceptors (Lipinski definition) is 8. The highest BCUT2D eigenvalue weighted by Gasteiger charge is 2.28. The van der Waals surface area contributed by atoms with E-state index in [4.69, 9.17) is 23.7 Å². The molecule has 0 radical (unpaired) electrons. The Morgan fingerprint density at radius 3 is 1.29 bits per heavy atom. The summed E-state index contributed by atoms with van der Waals surface area (Å²) in [5.41, 5.74) is 3.48. The van der Waals surface area contributed by atoms with E-state index in [-0.39, 0.29) is 11.3 Å². The predicted octanol–water partition coefficient (Wildman–Crippen LogP) is 7.64. The first kappa shape index (κ1) is 32.8. The Balaban J connectivity index is 1.52. The monoisotopic (exact) mass is 610 g/mol. The molecule has 4 aromatic carbocycles. The molecule has 45 heavy (non-hydrogen) atoms. The summed E-state index contributed by atoms with van der Waals surface area (Å²) in [5.74, 6) is 0.398. The Morgan fingerprint density at radius 2 is 0.911 bits per heavy atom. The van der Waals surface area contributed by atoms with Crippen molar-refractivity contribution in [3.05, 3.63) is 118 Å². The predicted molar refractivity (Wildman–Crippen MR) is 171 cm³/mol. The van der Waals surface area contributed by atoms with Crippen molar-refractivity contribution in [3.63, 3.8) is 0 Å². The van der Waals surface area contributed by atoms with Crippen molar-refractivity contribution in [2.45, 2.75) is 45.4 Å². The first-order valence-corrected chi connectivity index (χ1v) is 14.4. The average molecular weight is 611 g/mol. The second kappa shape index (κ2) is 13.3.